The lowest BCUT2D eigenvalue weighted by atomic mass is 10.3. The van der Waals surface area contributed by atoms with Crippen LogP contribution in [0.15, 0.2) is 52.3 Å². The first kappa shape index (κ1) is 16.6. The Bertz CT molecular complexity index is 1200. The molecule has 0 saturated heterocycles. The largest absolute Gasteiger partial charge is 0.324 e. The lowest BCUT2D eigenvalue weighted by molar-refractivity contribution is -0.115. The van der Waals surface area contributed by atoms with Crippen LogP contribution in [0.4, 0.5) is 11.6 Å². The molecule has 0 fully saturated rings. The number of amides is 1. The molecule has 27 heavy (non-hydrogen) atoms. The van der Waals surface area contributed by atoms with E-state index >= 15 is 0 Å². The van der Waals surface area contributed by atoms with Crippen LogP contribution in [-0.2, 0) is 21.4 Å². The molecule has 1 atom stereocenters. The number of nitrogens with zero attached hydrogens (tertiary/aromatic N) is 3. The SMILES string of the molecule is C[C@@H]1Sc2ccc(S(=O)(=O)N3CCn4c3nc3ccccc34)cc2NC1=O. The number of aromatic nitrogens is 2. The van der Waals surface area contributed by atoms with E-state index in [0.29, 0.717) is 24.7 Å². The first-order valence-electron chi connectivity index (χ1n) is 8.55. The standard InChI is InChI=1S/C18H16N4O3S2/c1-11-17(23)19-14-10-12(6-7-16(14)26-11)27(24,25)22-9-8-21-15-5-3-2-4-13(15)20-18(21)22/h2-7,10-11H,8-9H2,1H3,(H,19,23)/t11-/m0/s1. The number of anilines is 2. The van der Waals surface area contributed by atoms with E-state index in [1.807, 2.05) is 35.8 Å². The first-order chi connectivity index (χ1) is 12.9. The summed E-state index contributed by atoms with van der Waals surface area (Å²) in [6.45, 7) is 2.72. The summed E-state index contributed by atoms with van der Waals surface area (Å²) in [6.07, 6.45) is 0. The highest BCUT2D eigenvalue weighted by Crippen LogP contribution is 2.38. The van der Waals surface area contributed by atoms with Gasteiger partial charge in [-0.15, -0.1) is 11.8 Å². The molecular weight excluding hydrogens is 384 g/mol. The average molecular weight is 400 g/mol. The van der Waals surface area contributed by atoms with Crippen molar-refractivity contribution in [2.24, 2.45) is 0 Å². The van der Waals surface area contributed by atoms with Crippen molar-refractivity contribution in [1.29, 1.82) is 0 Å². The van der Waals surface area contributed by atoms with Crippen LogP contribution in [-0.4, -0.2) is 35.7 Å². The number of hydrogen-bond donors (Lipinski definition) is 1. The van der Waals surface area contributed by atoms with Crippen molar-refractivity contribution in [3.8, 4) is 0 Å². The molecule has 2 aliphatic rings. The number of carbonyl (C=O) groups is 1. The lowest BCUT2D eigenvalue weighted by Gasteiger charge is -2.23. The number of rotatable bonds is 2. The van der Waals surface area contributed by atoms with Gasteiger partial charge in [-0.25, -0.2) is 17.7 Å². The molecule has 1 amide bonds. The minimum Gasteiger partial charge on any atom is -0.324 e. The molecule has 0 spiro atoms. The summed E-state index contributed by atoms with van der Waals surface area (Å²) in [6, 6.07) is 12.5. The summed E-state index contributed by atoms with van der Waals surface area (Å²) in [5.41, 5.74) is 2.24. The maximum atomic E-state index is 13.3. The molecule has 9 heteroatoms. The van der Waals surface area contributed by atoms with Gasteiger partial charge in [-0.3, -0.25) is 4.79 Å². The molecule has 1 aromatic heterocycles. The Morgan fingerprint density at radius 2 is 2.00 bits per heavy atom. The van der Waals surface area contributed by atoms with Gasteiger partial charge in [-0.1, -0.05) is 12.1 Å². The van der Waals surface area contributed by atoms with Crippen LogP contribution >= 0.6 is 11.8 Å². The molecule has 0 unspecified atom stereocenters. The fourth-order valence-electron chi connectivity index (χ4n) is 3.47. The first-order valence-corrected chi connectivity index (χ1v) is 10.9. The maximum absolute atomic E-state index is 13.3. The van der Waals surface area contributed by atoms with E-state index in [1.54, 1.807) is 12.1 Å². The predicted molar refractivity (Wildman–Crippen MR) is 105 cm³/mol. The van der Waals surface area contributed by atoms with Gasteiger partial charge in [0.2, 0.25) is 11.9 Å². The fraction of sp³-hybridized carbons (Fsp3) is 0.222. The highest BCUT2D eigenvalue weighted by molar-refractivity contribution is 8.01. The number of benzene rings is 2. The lowest BCUT2D eigenvalue weighted by Crippen LogP contribution is -2.30. The monoisotopic (exact) mass is 400 g/mol. The second kappa shape index (κ2) is 5.74. The molecule has 2 aliphatic heterocycles. The Labute approximate surface area is 160 Å². The molecule has 2 aromatic carbocycles. The van der Waals surface area contributed by atoms with Crippen molar-refractivity contribution in [1.82, 2.24) is 9.55 Å². The normalized spacial score (nSPS) is 19.1. The summed E-state index contributed by atoms with van der Waals surface area (Å²) in [7, 11) is -3.77. The van der Waals surface area contributed by atoms with E-state index in [4.69, 9.17) is 0 Å². The highest BCUT2D eigenvalue weighted by atomic mass is 32.2. The number of imidazole rings is 1. The summed E-state index contributed by atoms with van der Waals surface area (Å²) in [5.74, 6) is 0.311. The van der Waals surface area contributed by atoms with Gasteiger partial charge in [0.15, 0.2) is 0 Å². The van der Waals surface area contributed by atoms with Crippen molar-refractivity contribution < 1.29 is 13.2 Å². The van der Waals surface area contributed by atoms with Crippen molar-refractivity contribution in [3.63, 3.8) is 0 Å². The third kappa shape index (κ3) is 2.45. The topological polar surface area (TPSA) is 84.3 Å². The summed E-state index contributed by atoms with van der Waals surface area (Å²) >= 11 is 1.43. The van der Waals surface area contributed by atoms with E-state index in [1.165, 1.54) is 22.1 Å². The van der Waals surface area contributed by atoms with Crippen LogP contribution in [0.25, 0.3) is 11.0 Å². The zero-order valence-corrected chi connectivity index (χ0v) is 16.0. The minimum atomic E-state index is -3.77. The molecule has 138 valence electrons. The van der Waals surface area contributed by atoms with Crippen LogP contribution in [0.3, 0.4) is 0 Å². The van der Waals surface area contributed by atoms with Gasteiger partial charge in [0.05, 0.1) is 33.4 Å². The number of thioether (sulfide) groups is 1. The summed E-state index contributed by atoms with van der Waals surface area (Å²) < 4.78 is 29.8. The van der Waals surface area contributed by atoms with E-state index in [-0.39, 0.29) is 16.1 Å². The second-order valence-electron chi connectivity index (χ2n) is 6.54. The van der Waals surface area contributed by atoms with Crippen molar-refractivity contribution in [2.75, 3.05) is 16.2 Å². The molecule has 0 saturated carbocycles. The molecular formula is C18H16N4O3S2. The van der Waals surface area contributed by atoms with Crippen LogP contribution < -0.4 is 9.62 Å². The maximum Gasteiger partial charge on any atom is 0.266 e. The smallest absolute Gasteiger partial charge is 0.266 e. The zero-order valence-electron chi connectivity index (χ0n) is 14.4. The molecule has 3 heterocycles. The molecule has 5 rings (SSSR count). The van der Waals surface area contributed by atoms with Crippen LogP contribution in [0, 0.1) is 0 Å². The fourth-order valence-corrected chi connectivity index (χ4v) is 5.84. The Morgan fingerprint density at radius 1 is 1.19 bits per heavy atom. The molecule has 0 aliphatic carbocycles. The zero-order chi connectivity index (χ0) is 18.8. The molecule has 0 radical (unpaired) electrons. The Balaban J connectivity index is 1.57. The number of carbonyl (C=O) groups excluding carboxylic acids is 1. The Morgan fingerprint density at radius 3 is 2.85 bits per heavy atom. The minimum absolute atomic E-state index is 0.120. The van der Waals surface area contributed by atoms with Gasteiger partial charge in [-0.05, 0) is 37.3 Å². The van der Waals surface area contributed by atoms with E-state index in [0.717, 1.165) is 15.9 Å². The van der Waals surface area contributed by atoms with Crippen molar-refractivity contribution in [2.45, 2.75) is 28.5 Å². The van der Waals surface area contributed by atoms with Crippen LogP contribution in [0.5, 0.6) is 0 Å². The van der Waals surface area contributed by atoms with Crippen LogP contribution in [0.2, 0.25) is 0 Å². The summed E-state index contributed by atoms with van der Waals surface area (Å²) in [5, 5.41) is 2.59. The molecule has 7 nitrogen and oxygen atoms in total. The average Bonchev–Trinajstić information content (AvgIpc) is 3.21. The highest BCUT2D eigenvalue weighted by Gasteiger charge is 2.34. The number of fused-ring (bicyclic) bond motifs is 4. The van der Waals surface area contributed by atoms with Crippen molar-refractivity contribution in [3.05, 3.63) is 42.5 Å². The number of para-hydroxylation sites is 2. The molecule has 0 bridgehead atoms. The van der Waals surface area contributed by atoms with E-state index in [2.05, 4.69) is 10.3 Å². The Hall–Kier alpha value is -2.52. The number of nitrogens with one attached hydrogen (secondary N) is 1. The van der Waals surface area contributed by atoms with Gasteiger partial charge in [0, 0.05) is 11.4 Å². The number of sulfonamides is 1. The van der Waals surface area contributed by atoms with Gasteiger partial charge in [0.1, 0.15) is 0 Å². The predicted octanol–water partition coefficient (Wildman–Crippen LogP) is 2.68. The van der Waals surface area contributed by atoms with E-state index in [9.17, 15) is 13.2 Å². The van der Waals surface area contributed by atoms with Crippen LogP contribution in [0.1, 0.15) is 6.92 Å². The molecule has 1 N–H and O–H groups in total. The van der Waals surface area contributed by atoms with Gasteiger partial charge in [-0.2, -0.15) is 0 Å². The molecule has 3 aromatic rings. The number of hydrogen-bond acceptors (Lipinski definition) is 5. The third-order valence-electron chi connectivity index (χ3n) is 4.85. The summed E-state index contributed by atoms with van der Waals surface area (Å²) in [4.78, 5) is 17.5. The quantitative estimate of drug-likeness (QED) is 0.715. The van der Waals surface area contributed by atoms with Gasteiger partial charge >= 0.3 is 0 Å². The van der Waals surface area contributed by atoms with Crippen molar-refractivity contribution >= 4 is 50.4 Å². The Kier molecular flexibility index (Phi) is 3.54. The van der Waals surface area contributed by atoms with E-state index < -0.39 is 10.0 Å². The third-order valence-corrected chi connectivity index (χ3v) is 7.81. The second-order valence-corrected chi connectivity index (χ2v) is 9.78. The van der Waals surface area contributed by atoms with Gasteiger partial charge in [0.25, 0.3) is 10.0 Å². The van der Waals surface area contributed by atoms with Gasteiger partial charge < -0.3 is 9.88 Å².